The van der Waals surface area contributed by atoms with E-state index in [0.717, 1.165) is 0 Å². The minimum Gasteiger partial charge on any atom is -1.00 e. The topological polar surface area (TPSA) is 0 Å². The average molecular weight is 360 g/mol. The smallest absolute Gasteiger partial charge is 1.00 e. The SMILES string of the molecule is [Br-].[Br-].[Br-].[Br-].[Ca+2]. The molecular formula is Br4Ca-2. The Morgan fingerprint density at radius 3 is 0.400 bits per heavy atom. The zero-order valence-electron chi connectivity index (χ0n) is 2.22. The summed E-state index contributed by atoms with van der Waals surface area (Å²) in [4.78, 5) is 0. The molecule has 0 aromatic carbocycles. The molecular weight excluding hydrogens is 360 g/mol. The Morgan fingerprint density at radius 1 is 0.400 bits per heavy atom. The van der Waals surface area contributed by atoms with Crippen LogP contribution in [0.5, 0.6) is 0 Å². The van der Waals surface area contributed by atoms with E-state index in [2.05, 4.69) is 0 Å². The predicted molar refractivity (Wildman–Crippen MR) is 5.75 cm³/mol. The van der Waals surface area contributed by atoms with Crippen molar-refractivity contribution >= 4 is 37.7 Å². The van der Waals surface area contributed by atoms with Gasteiger partial charge in [-0.1, -0.05) is 0 Å². The summed E-state index contributed by atoms with van der Waals surface area (Å²) in [5.74, 6) is 0. The van der Waals surface area contributed by atoms with Gasteiger partial charge in [0.05, 0.1) is 0 Å². The molecule has 0 aliphatic rings. The quantitative estimate of drug-likeness (QED) is 0.377. The molecule has 0 unspecified atom stereocenters. The summed E-state index contributed by atoms with van der Waals surface area (Å²) in [5.41, 5.74) is 0. The van der Waals surface area contributed by atoms with Crippen LogP contribution < -0.4 is 67.9 Å². The van der Waals surface area contributed by atoms with Gasteiger partial charge in [0, 0.05) is 0 Å². The van der Waals surface area contributed by atoms with Gasteiger partial charge in [0.25, 0.3) is 0 Å². The van der Waals surface area contributed by atoms with Gasteiger partial charge in [-0.3, -0.25) is 0 Å². The summed E-state index contributed by atoms with van der Waals surface area (Å²) >= 11 is 0. The Kier molecular flexibility index (Phi) is 226. The van der Waals surface area contributed by atoms with Crippen LogP contribution in [0.1, 0.15) is 0 Å². The summed E-state index contributed by atoms with van der Waals surface area (Å²) < 4.78 is 0. The van der Waals surface area contributed by atoms with E-state index in [1.54, 1.807) is 0 Å². The summed E-state index contributed by atoms with van der Waals surface area (Å²) in [6.45, 7) is 0. The van der Waals surface area contributed by atoms with Crippen molar-refractivity contribution in [2.45, 2.75) is 0 Å². The van der Waals surface area contributed by atoms with Crippen molar-refractivity contribution in [2.24, 2.45) is 0 Å². The van der Waals surface area contributed by atoms with Crippen molar-refractivity contribution < 1.29 is 67.9 Å². The Bertz CT molecular complexity index is 3.61. The number of hydrogen-bond acceptors (Lipinski definition) is 0. The van der Waals surface area contributed by atoms with E-state index in [1.165, 1.54) is 0 Å². The van der Waals surface area contributed by atoms with E-state index >= 15 is 0 Å². The molecule has 0 N–H and O–H groups in total. The van der Waals surface area contributed by atoms with Crippen molar-refractivity contribution in [1.29, 1.82) is 0 Å². The van der Waals surface area contributed by atoms with E-state index in [9.17, 15) is 0 Å². The third kappa shape index (κ3) is 19.1. The van der Waals surface area contributed by atoms with Gasteiger partial charge in [0.15, 0.2) is 0 Å². The first-order valence-electron chi connectivity index (χ1n) is 0. The Hall–Kier alpha value is 3.18. The van der Waals surface area contributed by atoms with Gasteiger partial charge < -0.3 is 67.9 Å². The van der Waals surface area contributed by atoms with Gasteiger partial charge in [-0.05, 0) is 0 Å². The van der Waals surface area contributed by atoms with E-state index < -0.39 is 0 Å². The molecule has 0 aliphatic carbocycles. The molecule has 0 bridgehead atoms. The molecule has 0 saturated carbocycles. The minimum atomic E-state index is 0. The monoisotopic (exact) mass is 356 g/mol. The first-order valence-corrected chi connectivity index (χ1v) is 0. The standard InChI is InChI=1S/4BrH.Ca/h4*1H;/q;;;;+2/p-4. The number of halogens is 4. The zero-order valence-corrected chi connectivity index (χ0v) is 10.8. The maximum Gasteiger partial charge on any atom is 2.00 e. The second-order valence-electron chi connectivity index (χ2n) is 0. The van der Waals surface area contributed by atoms with Crippen LogP contribution in [0.4, 0.5) is 0 Å². The Labute approximate surface area is 104 Å². The fourth-order valence-corrected chi connectivity index (χ4v) is 0. The summed E-state index contributed by atoms with van der Waals surface area (Å²) in [7, 11) is 0. The molecule has 0 amide bonds. The summed E-state index contributed by atoms with van der Waals surface area (Å²) in [6.07, 6.45) is 0. The van der Waals surface area contributed by atoms with Crippen LogP contribution in [0.3, 0.4) is 0 Å². The number of hydrogen-bond donors (Lipinski definition) is 0. The van der Waals surface area contributed by atoms with Crippen LogP contribution in [0.2, 0.25) is 0 Å². The molecule has 0 atom stereocenters. The molecule has 0 nitrogen and oxygen atoms in total. The van der Waals surface area contributed by atoms with Crippen LogP contribution in [-0.2, 0) is 0 Å². The zero-order chi connectivity index (χ0) is 0. The summed E-state index contributed by atoms with van der Waals surface area (Å²) in [5, 5.41) is 0. The van der Waals surface area contributed by atoms with E-state index in [-0.39, 0.29) is 106 Å². The maximum absolute atomic E-state index is 0. The molecule has 0 heterocycles. The van der Waals surface area contributed by atoms with Gasteiger partial charge in [-0.25, -0.2) is 0 Å². The van der Waals surface area contributed by atoms with Crippen LogP contribution in [0.25, 0.3) is 0 Å². The van der Waals surface area contributed by atoms with Gasteiger partial charge in [-0.15, -0.1) is 0 Å². The van der Waals surface area contributed by atoms with Gasteiger partial charge in [0.2, 0.25) is 0 Å². The van der Waals surface area contributed by atoms with Gasteiger partial charge in [0.1, 0.15) is 0 Å². The van der Waals surface area contributed by atoms with Crippen LogP contribution >= 0.6 is 0 Å². The molecule has 0 radical (unpaired) electrons. The molecule has 0 aliphatic heterocycles. The second-order valence-corrected chi connectivity index (χ2v) is 0. The molecule has 0 rings (SSSR count). The van der Waals surface area contributed by atoms with Crippen molar-refractivity contribution in [3.8, 4) is 0 Å². The van der Waals surface area contributed by atoms with Crippen LogP contribution in [0.15, 0.2) is 0 Å². The molecule has 0 aromatic heterocycles. The maximum atomic E-state index is 0. The van der Waals surface area contributed by atoms with Gasteiger partial charge in [-0.2, -0.15) is 0 Å². The van der Waals surface area contributed by atoms with Crippen molar-refractivity contribution in [2.75, 3.05) is 0 Å². The minimum absolute atomic E-state index is 0. The fraction of sp³-hybridized carbons (Fsp3) is 0. The second kappa shape index (κ2) is 27.1. The van der Waals surface area contributed by atoms with Gasteiger partial charge >= 0.3 is 37.7 Å². The Balaban J connectivity index is 0. The van der Waals surface area contributed by atoms with Crippen molar-refractivity contribution in [3.63, 3.8) is 0 Å². The van der Waals surface area contributed by atoms with E-state index in [1.807, 2.05) is 0 Å². The molecule has 0 aromatic rings. The largest absolute Gasteiger partial charge is 2.00 e. The average Bonchev–Trinajstić information content (AvgIpc) is 0. The van der Waals surface area contributed by atoms with E-state index in [4.69, 9.17) is 0 Å². The summed E-state index contributed by atoms with van der Waals surface area (Å²) in [6, 6.07) is 0. The first kappa shape index (κ1) is 41.7. The molecule has 32 valence electrons. The number of rotatable bonds is 0. The fourth-order valence-electron chi connectivity index (χ4n) is 0. The molecule has 5 heavy (non-hydrogen) atoms. The van der Waals surface area contributed by atoms with E-state index in [0.29, 0.717) is 0 Å². The predicted octanol–water partition coefficient (Wildman–Crippen LogP) is -12.4. The van der Waals surface area contributed by atoms with Crippen molar-refractivity contribution in [3.05, 3.63) is 0 Å². The van der Waals surface area contributed by atoms with Crippen LogP contribution in [0, 0.1) is 0 Å². The van der Waals surface area contributed by atoms with Crippen molar-refractivity contribution in [1.82, 2.24) is 0 Å². The van der Waals surface area contributed by atoms with Crippen LogP contribution in [-0.4, -0.2) is 37.7 Å². The first-order chi connectivity index (χ1) is 0. The molecule has 5 heteroatoms. The third-order valence-corrected chi connectivity index (χ3v) is 0. The third-order valence-electron chi connectivity index (χ3n) is 0. The Morgan fingerprint density at radius 2 is 0.400 bits per heavy atom. The molecule has 0 spiro atoms. The molecule has 0 saturated heterocycles. The molecule has 0 fully saturated rings. The normalized spacial score (nSPS) is 0.